The van der Waals surface area contributed by atoms with Gasteiger partial charge in [-0.15, -0.1) is 0 Å². The van der Waals surface area contributed by atoms with Gasteiger partial charge in [-0.05, 0) is 31.2 Å². The highest BCUT2D eigenvalue weighted by molar-refractivity contribution is 5.16. The molecule has 0 radical (unpaired) electrons. The molecular weight excluding hydrogens is 314 g/mol. The molecule has 3 heterocycles. The predicted molar refractivity (Wildman–Crippen MR) is 96.2 cm³/mol. The molecule has 1 spiro atoms. The van der Waals surface area contributed by atoms with Gasteiger partial charge < -0.3 is 14.4 Å². The number of hydrogen-bond donors (Lipinski definition) is 1. The van der Waals surface area contributed by atoms with Gasteiger partial charge in [-0.1, -0.05) is 30.3 Å². The second kappa shape index (κ2) is 7.28. The van der Waals surface area contributed by atoms with Crippen LogP contribution in [0.25, 0.3) is 0 Å². The number of hydrogen-bond acceptors (Lipinski definition) is 4. The smallest absolute Gasteiger partial charge is 0.0964 e. The van der Waals surface area contributed by atoms with Crippen LogP contribution in [0.2, 0.25) is 0 Å². The Hall–Kier alpha value is -1.69. The molecule has 4 rings (SSSR count). The molecular formula is C20H27N3O2. The van der Waals surface area contributed by atoms with Crippen molar-refractivity contribution in [3.8, 4) is 0 Å². The molecule has 134 valence electrons. The van der Waals surface area contributed by atoms with Crippen LogP contribution < -0.4 is 0 Å². The number of ether oxygens (including phenoxy) is 1. The van der Waals surface area contributed by atoms with Gasteiger partial charge in [0, 0.05) is 39.0 Å². The molecule has 25 heavy (non-hydrogen) atoms. The normalized spacial score (nSPS) is 23.8. The van der Waals surface area contributed by atoms with Crippen molar-refractivity contribution in [2.45, 2.75) is 50.5 Å². The number of aromatic nitrogens is 2. The molecule has 0 bridgehead atoms. The summed E-state index contributed by atoms with van der Waals surface area (Å²) in [6.45, 7) is 4.48. The van der Waals surface area contributed by atoms with Crippen LogP contribution in [-0.4, -0.2) is 51.0 Å². The summed E-state index contributed by atoms with van der Waals surface area (Å²) < 4.78 is 8.24. The van der Waals surface area contributed by atoms with E-state index < -0.39 is 0 Å². The molecule has 2 aliphatic rings. The highest BCUT2D eigenvalue weighted by Gasteiger charge is 2.43. The van der Waals surface area contributed by atoms with Gasteiger partial charge in [0.15, 0.2) is 0 Å². The van der Waals surface area contributed by atoms with Crippen LogP contribution in [-0.2, 0) is 17.8 Å². The van der Waals surface area contributed by atoms with Crippen LogP contribution in [0.4, 0.5) is 0 Å². The maximum atomic E-state index is 10.4. The number of aliphatic hydroxyl groups excluding tert-OH is 1. The van der Waals surface area contributed by atoms with Gasteiger partial charge in [-0.3, -0.25) is 4.90 Å². The van der Waals surface area contributed by atoms with Crippen LogP contribution in [0.5, 0.6) is 0 Å². The zero-order chi connectivity index (χ0) is 17.1. The summed E-state index contributed by atoms with van der Waals surface area (Å²) >= 11 is 0. The molecule has 1 N–H and O–H groups in total. The Kier molecular flexibility index (Phi) is 4.88. The minimum absolute atomic E-state index is 0.293. The van der Waals surface area contributed by atoms with Crippen molar-refractivity contribution in [3.63, 3.8) is 0 Å². The van der Waals surface area contributed by atoms with Gasteiger partial charge in [-0.25, -0.2) is 4.98 Å². The largest absolute Gasteiger partial charge is 0.390 e. The van der Waals surface area contributed by atoms with Crippen molar-refractivity contribution >= 4 is 0 Å². The van der Waals surface area contributed by atoms with Crippen molar-refractivity contribution < 1.29 is 9.84 Å². The van der Waals surface area contributed by atoms with E-state index in [1.54, 1.807) is 0 Å². The van der Waals surface area contributed by atoms with E-state index in [1.165, 1.54) is 11.3 Å². The van der Waals surface area contributed by atoms with E-state index in [-0.39, 0.29) is 11.7 Å². The van der Waals surface area contributed by atoms with Gasteiger partial charge in [0.1, 0.15) is 0 Å². The summed E-state index contributed by atoms with van der Waals surface area (Å²) in [5, 5.41) is 10.4. The molecule has 2 aliphatic heterocycles. The minimum atomic E-state index is -0.299. The molecule has 0 unspecified atom stereocenters. The number of likely N-dealkylation sites (tertiary alicyclic amines) is 1. The standard InChI is InChI=1S/C20H27N3O2/c24-19-7-4-12-25-20(19)8-10-22(11-9-20)15-18-13-21-16-23(18)14-17-5-2-1-3-6-17/h1-3,5-6,13,16,19,24H,4,7-12,14-15H2/t19-/m0/s1. The second-order valence-corrected chi connectivity index (χ2v) is 7.35. The second-order valence-electron chi connectivity index (χ2n) is 7.35. The highest BCUT2D eigenvalue weighted by Crippen LogP contribution is 2.35. The number of piperidine rings is 1. The Morgan fingerprint density at radius 1 is 1.16 bits per heavy atom. The first kappa shape index (κ1) is 16.8. The van der Waals surface area contributed by atoms with E-state index >= 15 is 0 Å². The van der Waals surface area contributed by atoms with Crippen LogP contribution in [0.3, 0.4) is 0 Å². The van der Waals surface area contributed by atoms with Crippen molar-refractivity contribution in [2.75, 3.05) is 19.7 Å². The number of rotatable bonds is 4. The molecule has 1 aromatic carbocycles. The monoisotopic (exact) mass is 341 g/mol. The molecule has 0 saturated carbocycles. The average molecular weight is 341 g/mol. The number of imidazole rings is 1. The Bertz CT molecular complexity index is 677. The SMILES string of the molecule is O[C@H]1CCCOC12CCN(Cc1cncn1Cc1ccccc1)CC2. The molecule has 5 nitrogen and oxygen atoms in total. The first-order chi connectivity index (χ1) is 12.3. The van der Waals surface area contributed by atoms with Gasteiger partial charge >= 0.3 is 0 Å². The minimum Gasteiger partial charge on any atom is -0.390 e. The van der Waals surface area contributed by atoms with E-state index in [2.05, 4.69) is 38.7 Å². The van der Waals surface area contributed by atoms with Gasteiger partial charge in [-0.2, -0.15) is 0 Å². The van der Waals surface area contributed by atoms with E-state index in [1.807, 2.05) is 18.6 Å². The Labute approximate surface area is 149 Å². The van der Waals surface area contributed by atoms with Crippen LogP contribution in [0.15, 0.2) is 42.9 Å². The zero-order valence-electron chi connectivity index (χ0n) is 14.7. The highest BCUT2D eigenvalue weighted by atomic mass is 16.5. The molecule has 2 saturated heterocycles. The summed E-state index contributed by atoms with van der Waals surface area (Å²) in [6.07, 6.45) is 7.28. The van der Waals surface area contributed by atoms with E-state index in [9.17, 15) is 5.11 Å². The fourth-order valence-electron chi connectivity index (χ4n) is 4.11. The van der Waals surface area contributed by atoms with Gasteiger partial charge in [0.25, 0.3) is 0 Å². The predicted octanol–water partition coefficient (Wildman–Crippen LogP) is 2.44. The lowest BCUT2D eigenvalue weighted by Crippen LogP contribution is -2.55. The molecule has 0 amide bonds. The lowest BCUT2D eigenvalue weighted by Gasteiger charge is -2.46. The fourth-order valence-corrected chi connectivity index (χ4v) is 4.11. The van der Waals surface area contributed by atoms with E-state index in [0.717, 1.165) is 58.5 Å². The van der Waals surface area contributed by atoms with Gasteiger partial charge in [0.05, 0.1) is 23.7 Å². The third kappa shape index (κ3) is 3.64. The summed E-state index contributed by atoms with van der Waals surface area (Å²) in [5.41, 5.74) is 2.24. The summed E-state index contributed by atoms with van der Waals surface area (Å²) in [7, 11) is 0. The number of aliphatic hydroxyl groups is 1. The third-order valence-electron chi connectivity index (χ3n) is 5.70. The first-order valence-electron chi connectivity index (χ1n) is 9.32. The van der Waals surface area contributed by atoms with Crippen LogP contribution in [0.1, 0.15) is 36.9 Å². The van der Waals surface area contributed by atoms with E-state index in [0.29, 0.717) is 0 Å². The lowest BCUT2D eigenvalue weighted by atomic mass is 9.82. The molecule has 0 aliphatic carbocycles. The molecule has 1 atom stereocenters. The first-order valence-corrected chi connectivity index (χ1v) is 9.32. The molecule has 5 heteroatoms. The Morgan fingerprint density at radius 2 is 1.96 bits per heavy atom. The maximum absolute atomic E-state index is 10.4. The van der Waals surface area contributed by atoms with Crippen molar-refractivity contribution in [2.24, 2.45) is 0 Å². The van der Waals surface area contributed by atoms with Crippen molar-refractivity contribution in [3.05, 3.63) is 54.1 Å². The van der Waals surface area contributed by atoms with E-state index in [4.69, 9.17) is 4.74 Å². The Morgan fingerprint density at radius 3 is 2.72 bits per heavy atom. The Balaban J connectivity index is 1.37. The molecule has 2 aromatic rings. The molecule has 1 aromatic heterocycles. The zero-order valence-corrected chi connectivity index (χ0v) is 14.7. The lowest BCUT2D eigenvalue weighted by molar-refractivity contribution is -0.177. The van der Waals surface area contributed by atoms with Crippen molar-refractivity contribution in [1.82, 2.24) is 14.5 Å². The summed E-state index contributed by atoms with van der Waals surface area (Å²) in [4.78, 5) is 6.80. The average Bonchev–Trinajstić information content (AvgIpc) is 3.07. The molecule has 2 fully saturated rings. The third-order valence-corrected chi connectivity index (χ3v) is 5.70. The van der Waals surface area contributed by atoms with Gasteiger partial charge in [0.2, 0.25) is 0 Å². The van der Waals surface area contributed by atoms with Crippen LogP contribution in [0, 0.1) is 0 Å². The fraction of sp³-hybridized carbons (Fsp3) is 0.550. The topological polar surface area (TPSA) is 50.5 Å². The summed E-state index contributed by atoms with van der Waals surface area (Å²) in [5.74, 6) is 0. The number of nitrogens with zero attached hydrogens (tertiary/aromatic N) is 3. The van der Waals surface area contributed by atoms with Crippen LogP contribution >= 0.6 is 0 Å². The maximum Gasteiger partial charge on any atom is 0.0964 e. The quantitative estimate of drug-likeness (QED) is 0.928. The van der Waals surface area contributed by atoms with Crippen molar-refractivity contribution in [1.29, 1.82) is 0 Å². The number of benzene rings is 1. The summed E-state index contributed by atoms with van der Waals surface area (Å²) in [6, 6.07) is 10.5.